The van der Waals surface area contributed by atoms with Crippen molar-refractivity contribution in [1.29, 1.82) is 0 Å². The number of aliphatic hydroxyl groups is 1. The van der Waals surface area contributed by atoms with Crippen LogP contribution in [0.4, 0.5) is 0 Å². The molecular weight excluding hydrogens is 462 g/mol. The van der Waals surface area contributed by atoms with Crippen molar-refractivity contribution in [2.45, 2.75) is 61.1 Å². The van der Waals surface area contributed by atoms with E-state index in [0.717, 1.165) is 34.3 Å². The van der Waals surface area contributed by atoms with Gasteiger partial charge in [-0.1, -0.05) is 43.0 Å². The van der Waals surface area contributed by atoms with Crippen LogP contribution in [0.1, 0.15) is 32.3 Å². The van der Waals surface area contributed by atoms with Crippen LogP contribution in [0.15, 0.2) is 63.5 Å². The van der Waals surface area contributed by atoms with Gasteiger partial charge in [-0.05, 0) is 48.6 Å². The molecular formula is C25H30ClNO3S2. The second-order valence-corrected chi connectivity index (χ2v) is 11.0. The van der Waals surface area contributed by atoms with Gasteiger partial charge >= 0.3 is 0 Å². The molecule has 172 valence electrons. The molecule has 1 fully saturated rings. The summed E-state index contributed by atoms with van der Waals surface area (Å²) in [5.41, 5.74) is 3.54. The van der Waals surface area contributed by atoms with Crippen molar-refractivity contribution >= 4 is 34.7 Å². The summed E-state index contributed by atoms with van der Waals surface area (Å²) in [7, 11) is 0. The Kier molecular flexibility index (Phi) is 8.35. The van der Waals surface area contributed by atoms with Gasteiger partial charge in [-0.15, -0.1) is 22.9 Å². The molecule has 0 radical (unpaired) electrons. The maximum atomic E-state index is 10.7. The van der Waals surface area contributed by atoms with E-state index in [4.69, 9.17) is 21.1 Å². The third-order valence-corrected chi connectivity index (χ3v) is 8.57. The molecule has 1 saturated heterocycles. The number of hydrogen-bond acceptors (Lipinski definition) is 6. The molecule has 4 rings (SSSR count). The van der Waals surface area contributed by atoms with Crippen LogP contribution in [0.3, 0.4) is 0 Å². The number of aliphatic hydroxyl groups excluding tert-OH is 1. The average molecular weight is 492 g/mol. The number of rotatable bonds is 8. The number of hydrogen-bond donors (Lipinski definition) is 1. The van der Waals surface area contributed by atoms with Crippen LogP contribution >= 0.6 is 34.7 Å². The fourth-order valence-corrected chi connectivity index (χ4v) is 6.14. The lowest BCUT2D eigenvalue weighted by Gasteiger charge is -2.40. The molecule has 2 heterocycles. The Bertz CT molecular complexity index is 929. The molecule has 1 aromatic heterocycles. The second-order valence-electron chi connectivity index (χ2n) is 8.33. The molecule has 0 spiro atoms. The van der Waals surface area contributed by atoms with E-state index in [0.29, 0.717) is 13.0 Å². The summed E-state index contributed by atoms with van der Waals surface area (Å²) in [6, 6.07) is 8.22. The minimum absolute atomic E-state index is 0.00214. The van der Waals surface area contributed by atoms with Gasteiger partial charge in [0.2, 0.25) is 0 Å². The van der Waals surface area contributed by atoms with E-state index in [1.807, 2.05) is 30.6 Å². The molecule has 4 nitrogen and oxygen atoms in total. The molecule has 1 aromatic carbocycles. The zero-order chi connectivity index (χ0) is 22.5. The van der Waals surface area contributed by atoms with Gasteiger partial charge in [-0.3, -0.25) is 0 Å². The molecule has 2 aromatic rings. The highest BCUT2D eigenvalue weighted by Gasteiger charge is 2.37. The smallest absolute Gasteiger partial charge is 0.149 e. The predicted octanol–water partition coefficient (Wildman–Crippen LogP) is 5.90. The average Bonchev–Trinajstić information content (AvgIpc) is 3.31. The number of nitrogens with zero attached hydrogens (tertiary/aromatic N) is 1. The Morgan fingerprint density at radius 1 is 1.31 bits per heavy atom. The molecule has 7 heteroatoms. The maximum absolute atomic E-state index is 10.7. The highest BCUT2D eigenvalue weighted by molar-refractivity contribution is 8.01. The molecule has 5 unspecified atom stereocenters. The summed E-state index contributed by atoms with van der Waals surface area (Å²) in [6.45, 7) is 4.73. The highest BCUT2D eigenvalue weighted by Crippen LogP contribution is 2.36. The van der Waals surface area contributed by atoms with Gasteiger partial charge < -0.3 is 14.6 Å². The molecule has 2 aliphatic rings. The summed E-state index contributed by atoms with van der Waals surface area (Å²) >= 11 is 10.0. The number of ether oxygens (including phenoxy) is 2. The molecule has 0 amide bonds. The number of halogens is 1. The van der Waals surface area contributed by atoms with E-state index in [1.54, 1.807) is 23.1 Å². The number of allylic oxidation sites excluding steroid dienone is 2. The lowest BCUT2D eigenvalue weighted by Crippen LogP contribution is -2.44. The van der Waals surface area contributed by atoms with Gasteiger partial charge in [0.15, 0.2) is 0 Å². The van der Waals surface area contributed by atoms with Crippen LogP contribution in [-0.4, -0.2) is 46.1 Å². The Morgan fingerprint density at radius 3 is 2.84 bits per heavy atom. The monoisotopic (exact) mass is 491 g/mol. The fourth-order valence-electron chi connectivity index (χ4n) is 4.23. The molecule has 0 saturated carbocycles. The lowest BCUT2D eigenvalue weighted by atomic mass is 9.83. The van der Waals surface area contributed by atoms with Crippen molar-refractivity contribution in [2.24, 2.45) is 5.92 Å². The lowest BCUT2D eigenvalue weighted by molar-refractivity contribution is -0.105. The van der Waals surface area contributed by atoms with E-state index in [9.17, 15) is 5.11 Å². The topological polar surface area (TPSA) is 51.6 Å². The summed E-state index contributed by atoms with van der Waals surface area (Å²) in [6.07, 6.45) is 7.92. The summed E-state index contributed by atoms with van der Waals surface area (Å²) in [5.74, 6) is 1.72. The first-order valence-electron chi connectivity index (χ1n) is 11.2. The summed E-state index contributed by atoms with van der Waals surface area (Å²) < 4.78 is 13.1. The van der Waals surface area contributed by atoms with Crippen molar-refractivity contribution in [3.05, 3.63) is 64.7 Å². The Hall–Kier alpha value is -1.31. The van der Waals surface area contributed by atoms with Crippen LogP contribution in [0.25, 0.3) is 0 Å². The van der Waals surface area contributed by atoms with Crippen molar-refractivity contribution in [3.8, 4) is 5.75 Å². The van der Waals surface area contributed by atoms with E-state index in [-0.39, 0.29) is 29.6 Å². The molecule has 1 aliphatic carbocycles. The second kappa shape index (κ2) is 11.2. The Labute approximate surface area is 203 Å². The minimum Gasteiger partial charge on any atom is -0.494 e. The van der Waals surface area contributed by atoms with Crippen LogP contribution < -0.4 is 4.74 Å². The summed E-state index contributed by atoms with van der Waals surface area (Å²) in [4.78, 5) is 4.34. The van der Waals surface area contributed by atoms with Gasteiger partial charge in [0.05, 0.1) is 30.3 Å². The number of thioether (sulfide) groups is 1. The maximum Gasteiger partial charge on any atom is 0.149 e. The fraction of sp³-hybridized carbons (Fsp3) is 0.480. The first-order valence-corrected chi connectivity index (χ1v) is 13.5. The van der Waals surface area contributed by atoms with E-state index in [2.05, 4.69) is 36.2 Å². The molecule has 1 N–H and O–H groups in total. The number of thiazole rings is 1. The molecule has 0 bridgehead atoms. The Morgan fingerprint density at radius 2 is 2.12 bits per heavy atom. The molecule has 32 heavy (non-hydrogen) atoms. The number of aromatic nitrogens is 1. The number of alkyl halides is 1. The third kappa shape index (κ3) is 5.97. The number of benzene rings is 1. The normalized spacial score (nSPS) is 28.2. The quantitative estimate of drug-likeness (QED) is 0.368. The molecule has 5 atom stereocenters. The minimum atomic E-state index is -0.381. The molecule has 1 aliphatic heterocycles. The van der Waals surface area contributed by atoms with Crippen molar-refractivity contribution < 1.29 is 14.6 Å². The summed E-state index contributed by atoms with van der Waals surface area (Å²) in [5, 5.41) is 12.7. The van der Waals surface area contributed by atoms with Gasteiger partial charge in [0, 0.05) is 29.7 Å². The van der Waals surface area contributed by atoms with E-state index >= 15 is 0 Å². The zero-order valence-corrected chi connectivity index (χ0v) is 20.8. The van der Waals surface area contributed by atoms with Crippen LogP contribution in [0.5, 0.6) is 5.75 Å². The zero-order valence-electron chi connectivity index (χ0n) is 18.4. The standard InChI is InChI=1S/C25H30ClNO3S2/c1-3-29-20-7-4-17(5-8-20)12-19-13-18(6-9-22(19)26)24-16(2)23(28)14-21(30-24)15-32-25-27-10-11-31-25/h4-8,10-11,13,16,21-24,28H,3,9,12,14-15H2,1-2H3. The largest absolute Gasteiger partial charge is 0.494 e. The SMILES string of the molecule is CCOc1ccc(CC2=CC(C3OC(CSc4nccs4)CC(O)C3C)=CCC2Cl)cc1. The van der Waals surface area contributed by atoms with Crippen molar-refractivity contribution in [1.82, 2.24) is 4.98 Å². The first-order chi connectivity index (χ1) is 15.5. The Balaban J connectivity index is 1.44. The van der Waals surface area contributed by atoms with Crippen molar-refractivity contribution in [2.75, 3.05) is 12.4 Å². The predicted molar refractivity (Wildman–Crippen MR) is 133 cm³/mol. The van der Waals surface area contributed by atoms with Crippen LogP contribution in [0, 0.1) is 5.92 Å². The highest BCUT2D eigenvalue weighted by atomic mass is 35.5. The van der Waals surface area contributed by atoms with Crippen LogP contribution in [0.2, 0.25) is 0 Å². The van der Waals surface area contributed by atoms with E-state index in [1.165, 1.54) is 11.1 Å². The van der Waals surface area contributed by atoms with Crippen LogP contribution in [-0.2, 0) is 11.2 Å². The first kappa shape index (κ1) is 23.8. The van der Waals surface area contributed by atoms with Gasteiger partial charge in [0.25, 0.3) is 0 Å². The van der Waals surface area contributed by atoms with Gasteiger partial charge in [-0.25, -0.2) is 4.98 Å². The van der Waals surface area contributed by atoms with E-state index < -0.39 is 0 Å². The van der Waals surface area contributed by atoms with Gasteiger partial charge in [0.1, 0.15) is 10.1 Å². The van der Waals surface area contributed by atoms with Crippen molar-refractivity contribution in [3.63, 3.8) is 0 Å². The van der Waals surface area contributed by atoms with Gasteiger partial charge in [-0.2, -0.15) is 0 Å². The third-order valence-electron chi connectivity index (χ3n) is 6.02.